The van der Waals surface area contributed by atoms with Crippen LogP contribution < -0.4 is 0 Å². The third kappa shape index (κ3) is 15.3. The molecule has 19 heavy (non-hydrogen) atoms. The van der Waals surface area contributed by atoms with Gasteiger partial charge in [-0.3, -0.25) is 0 Å². The van der Waals surface area contributed by atoms with Crippen LogP contribution in [-0.2, 0) is 32.7 Å². The maximum absolute atomic E-state index is 2.39. The summed E-state index contributed by atoms with van der Waals surface area (Å²) in [6, 6.07) is 0. The average Bonchev–Trinajstić information content (AvgIpc) is 2.54. The second kappa shape index (κ2) is 17.2. The van der Waals surface area contributed by atoms with E-state index >= 15 is 0 Å². The zero-order chi connectivity index (χ0) is 12.7. The molecular formula is C18H33Y. The first-order valence-corrected chi connectivity index (χ1v) is 8.45. The summed E-state index contributed by atoms with van der Waals surface area (Å²) in [6.45, 7) is 0. The molecule has 0 heterocycles. The first kappa shape index (κ1) is 20.1. The molecule has 0 N–H and O–H groups in total. The summed E-state index contributed by atoms with van der Waals surface area (Å²) in [6.07, 6.45) is 28.5. The van der Waals surface area contributed by atoms with E-state index in [1.54, 1.807) is 0 Å². The van der Waals surface area contributed by atoms with Crippen molar-refractivity contribution in [1.82, 2.24) is 0 Å². The zero-order valence-corrected chi connectivity index (χ0v) is 15.8. The Labute approximate surface area is 147 Å². The Balaban J connectivity index is 0.000000249. The molecule has 3 aliphatic rings. The second-order valence-corrected chi connectivity index (χ2v) is 5.78. The van der Waals surface area contributed by atoms with E-state index in [0.29, 0.717) is 0 Å². The van der Waals surface area contributed by atoms with Crippen molar-refractivity contribution < 1.29 is 32.7 Å². The topological polar surface area (TPSA) is 0 Å². The summed E-state index contributed by atoms with van der Waals surface area (Å²) in [5, 5.41) is 0. The van der Waals surface area contributed by atoms with Gasteiger partial charge in [0.2, 0.25) is 0 Å². The van der Waals surface area contributed by atoms with E-state index in [9.17, 15) is 0 Å². The molecule has 0 amide bonds. The van der Waals surface area contributed by atoms with Crippen LogP contribution in [0.5, 0.6) is 0 Å². The standard InChI is InChI=1S/3C6H11.Y/c3*1-2-4-6-5-3-1;/h3*1H,2-6H2;/q3*-1;+3. The molecule has 0 aromatic carbocycles. The van der Waals surface area contributed by atoms with Crippen molar-refractivity contribution in [3.8, 4) is 0 Å². The van der Waals surface area contributed by atoms with Crippen LogP contribution in [0, 0.1) is 19.3 Å². The average molecular weight is 338 g/mol. The minimum absolute atomic E-state index is 0. The SMILES string of the molecule is [CH-]1CCCCC1.[CH-]1CCCCC1.[CH-]1CCCCC1.[Y+3]. The summed E-state index contributed by atoms with van der Waals surface area (Å²) >= 11 is 0. The summed E-state index contributed by atoms with van der Waals surface area (Å²) in [5.74, 6) is 0. The first-order valence-electron chi connectivity index (χ1n) is 8.45. The predicted octanol–water partition coefficient (Wildman–Crippen LogP) is 6.46. The molecule has 0 spiro atoms. The van der Waals surface area contributed by atoms with Crippen LogP contribution in [0.25, 0.3) is 0 Å². The molecule has 0 nitrogen and oxygen atoms in total. The number of hydrogen-bond donors (Lipinski definition) is 0. The summed E-state index contributed by atoms with van der Waals surface area (Å²) < 4.78 is 0. The van der Waals surface area contributed by atoms with E-state index in [2.05, 4.69) is 19.3 Å². The third-order valence-corrected chi connectivity index (χ3v) is 3.95. The molecular weight excluding hydrogens is 305 g/mol. The first-order chi connectivity index (χ1) is 9.00. The fourth-order valence-electron chi connectivity index (χ4n) is 2.70. The smallest absolute Gasteiger partial charge is 0.328 e. The summed E-state index contributed by atoms with van der Waals surface area (Å²) in [4.78, 5) is 0. The molecule has 3 saturated carbocycles. The largest absolute Gasteiger partial charge is 3.00 e. The molecule has 3 aliphatic carbocycles. The van der Waals surface area contributed by atoms with Gasteiger partial charge in [0.25, 0.3) is 0 Å². The van der Waals surface area contributed by atoms with Gasteiger partial charge in [0, 0.05) is 0 Å². The quantitative estimate of drug-likeness (QED) is 0.445. The minimum Gasteiger partial charge on any atom is -0.328 e. The van der Waals surface area contributed by atoms with Gasteiger partial charge in [0.05, 0.1) is 0 Å². The van der Waals surface area contributed by atoms with Crippen LogP contribution in [0.1, 0.15) is 96.3 Å². The minimum atomic E-state index is 0. The molecule has 0 aromatic rings. The fourth-order valence-corrected chi connectivity index (χ4v) is 2.70. The Bertz CT molecular complexity index is 80.7. The van der Waals surface area contributed by atoms with Crippen LogP contribution >= 0.6 is 0 Å². The van der Waals surface area contributed by atoms with Crippen molar-refractivity contribution >= 4 is 0 Å². The summed E-state index contributed by atoms with van der Waals surface area (Å²) in [5.41, 5.74) is 0. The van der Waals surface area contributed by atoms with Crippen LogP contribution in [-0.4, -0.2) is 0 Å². The monoisotopic (exact) mass is 338 g/mol. The van der Waals surface area contributed by atoms with Gasteiger partial charge in [-0.1, -0.05) is 57.8 Å². The molecule has 0 saturated heterocycles. The summed E-state index contributed by atoms with van der Waals surface area (Å²) in [7, 11) is 0. The van der Waals surface area contributed by atoms with E-state index in [-0.39, 0.29) is 32.7 Å². The second-order valence-electron chi connectivity index (χ2n) is 5.78. The van der Waals surface area contributed by atoms with Gasteiger partial charge in [-0.05, 0) is 0 Å². The van der Waals surface area contributed by atoms with E-state index in [1.807, 2.05) is 0 Å². The predicted molar refractivity (Wildman–Crippen MR) is 82.2 cm³/mol. The molecule has 1 heteroatoms. The van der Waals surface area contributed by atoms with Crippen molar-refractivity contribution in [2.75, 3.05) is 0 Å². The Morgan fingerprint density at radius 2 is 0.526 bits per heavy atom. The Morgan fingerprint density at radius 3 is 0.579 bits per heavy atom. The van der Waals surface area contributed by atoms with Gasteiger partial charge in [0.15, 0.2) is 0 Å². The van der Waals surface area contributed by atoms with E-state index in [0.717, 1.165) is 0 Å². The van der Waals surface area contributed by atoms with Gasteiger partial charge in [-0.15, -0.1) is 0 Å². The van der Waals surface area contributed by atoms with Crippen molar-refractivity contribution in [2.24, 2.45) is 0 Å². The van der Waals surface area contributed by atoms with Crippen molar-refractivity contribution in [1.29, 1.82) is 0 Å². The van der Waals surface area contributed by atoms with Crippen molar-refractivity contribution in [2.45, 2.75) is 96.3 Å². The fraction of sp³-hybridized carbons (Fsp3) is 0.833. The zero-order valence-electron chi connectivity index (χ0n) is 12.9. The van der Waals surface area contributed by atoms with Gasteiger partial charge in [-0.25, -0.2) is 0 Å². The molecule has 0 atom stereocenters. The van der Waals surface area contributed by atoms with Gasteiger partial charge in [-0.2, -0.15) is 38.5 Å². The van der Waals surface area contributed by atoms with E-state index in [4.69, 9.17) is 0 Å². The van der Waals surface area contributed by atoms with Crippen LogP contribution in [0.4, 0.5) is 0 Å². The Kier molecular flexibility index (Phi) is 18.2. The van der Waals surface area contributed by atoms with Gasteiger partial charge in [0.1, 0.15) is 0 Å². The van der Waals surface area contributed by atoms with Crippen LogP contribution in [0.3, 0.4) is 0 Å². The normalized spacial score (nSPS) is 22.7. The van der Waals surface area contributed by atoms with E-state index < -0.39 is 0 Å². The Hall–Kier alpha value is 1.10. The maximum atomic E-state index is 2.39. The maximum Gasteiger partial charge on any atom is 3.00 e. The van der Waals surface area contributed by atoms with Crippen LogP contribution in [0.15, 0.2) is 0 Å². The third-order valence-electron chi connectivity index (χ3n) is 3.95. The number of rotatable bonds is 0. The molecule has 0 bridgehead atoms. The molecule has 108 valence electrons. The van der Waals surface area contributed by atoms with Crippen molar-refractivity contribution in [3.63, 3.8) is 0 Å². The molecule has 0 radical (unpaired) electrons. The van der Waals surface area contributed by atoms with Crippen LogP contribution in [0.2, 0.25) is 0 Å². The molecule has 3 fully saturated rings. The molecule has 0 aromatic heterocycles. The van der Waals surface area contributed by atoms with E-state index in [1.165, 1.54) is 96.3 Å². The van der Waals surface area contributed by atoms with Crippen molar-refractivity contribution in [3.05, 3.63) is 19.3 Å². The molecule has 0 unspecified atom stereocenters. The number of hydrogen-bond acceptors (Lipinski definition) is 0. The molecule has 0 aliphatic heterocycles. The van der Waals surface area contributed by atoms with Gasteiger partial charge >= 0.3 is 32.7 Å². The Morgan fingerprint density at radius 1 is 0.316 bits per heavy atom. The molecule has 3 rings (SSSR count). The van der Waals surface area contributed by atoms with Gasteiger partial charge < -0.3 is 19.3 Å².